The number of nitrogens with two attached hydrogens (primary N) is 1. The highest BCUT2D eigenvalue weighted by Gasteiger charge is 2.53. The first-order valence-corrected chi connectivity index (χ1v) is 13.0. The van der Waals surface area contributed by atoms with Crippen LogP contribution in [-0.4, -0.2) is 104 Å². The van der Waals surface area contributed by atoms with Crippen LogP contribution in [0.25, 0.3) is 0 Å². The highest BCUT2D eigenvalue weighted by Crippen LogP contribution is 2.40. The molecule has 16 heteroatoms. The average molecular weight is 552 g/mol. The molecule has 0 radical (unpaired) electrons. The van der Waals surface area contributed by atoms with E-state index in [0.717, 1.165) is 22.9 Å². The second-order valence-electron chi connectivity index (χ2n) is 8.89. The molecule has 3 aliphatic rings. The lowest BCUT2D eigenvalue weighted by Crippen LogP contribution is -2.71. The number of carbonyl (C=O) groups excluding carboxylic acids is 3. The lowest BCUT2D eigenvalue weighted by atomic mass is 10.0. The van der Waals surface area contributed by atoms with E-state index in [2.05, 4.69) is 19.8 Å². The predicted molar refractivity (Wildman–Crippen MR) is 131 cm³/mol. The van der Waals surface area contributed by atoms with Gasteiger partial charge in [0.1, 0.15) is 18.5 Å². The maximum atomic E-state index is 12.9. The standard InChI is InChI=1S/C21H25N7O7S2/c1-28(8-4-6-11(28)19(31)32)7-3-5-10-9-36-18-13(17(30)27(18)14(10)20(33)34)23-16(29)12(25-35-2)15-24-21(22)37-26-15/h3,5,11,13,18H,4,6-9H2,1-2H3,(H4-,22,23,24,26,29,31,32,33,34)/b5-3+,25-12-/t11-,13+,18+,28?/m0/s1. The van der Waals surface area contributed by atoms with Gasteiger partial charge in [0.25, 0.3) is 11.8 Å². The van der Waals surface area contributed by atoms with Crippen molar-refractivity contribution in [2.75, 3.05) is 38.7 Å². The molecule has 14 nitrogen and oxygen atoms in total. The van der Waals surface area contributed by atoms with Crippen LogP contribution < -0.4 is 16.2 Å². The van der Waals surface area contributed by atoms with E-state index in [9.17, 15) is 29.4 Å². The number of allylic oxidation sites excluding steroid dienone is 1. The Morgan fingerprint density at radius 3 is 2.81 bits per heavy atom. The Kier molecular flexibility index (Phi) is 7.52. The summed E-state index contributed by atoms with van der Waals surface area (Å²) in [5.41, 5.74) is 5.40. The number of carbonyl (C=O) groups is 4. The van der Waals surface area contributed by atoms with E-state index < -0.39 is 41.2 Å². The van der Waals surface area contributed by atoms with E-state index in [-0.39, 0.29) is 28.1 Å². The maximum Gasteiger partial charge on any atom is 0.362 e. The quantitative estimate of drug-likeness (QED) is 0.134. The summed E-state index contributed by atoms with van der Waals surface area (Å²) in [5.74, 6) is -3.59. The zero-order valence-electron chi connectivity index (χ0n) is 19.9. The third-order valence-corrected chi connectivity index (χ3v) is 8.40. The molecule has 0 bridgehead atoms. The number of nitrogen functional groups attached to an aromatic ring is 1. The molecular formula is C21H25N7O7S2. The van der Waals surface area contributed by atoms with Gasteiger partial charge in [-0.25, -0.2) is 4.79 Å². The number of aliphatic carboxylic acids is 2. The number of β-lactam (4-membered cyclic amide) rings is 1. The van der Waals surface area contributed by atoms with Crippen LogP contribution in [0.1, 0.15) is 18.7 Å². The maximum absolute atomic E-state index is 12.9. The fourth-order valence-electron chi connectivity index (χ4n) is 4.73. The fourth-order valence-corrected chi connectivity index (χ4v) is 6.49. The number of amides is 2. The second-order valence-corrected chi connectivity index (χ2v) is 10.8. The van der Waals surface area contributed by atoms with E-state index in [4.69, 9.17) is 10.6 Å². The Labute approximate surface area is 219 Å². The highest BCUT2D eigenvalue weighted by atomic mass is 32.2. The van der Waals surface area contributed by atoms with E-state index in [1.807, 2.05) is 7.05 Å². The molecule has 37 heavy (non-hydrogen) atoms. The number of rotatable bonds is 9. The third-order valence-electron chi connectivity index (χ3n) is 6.55. The van der Waals surface area contributed by atoms with E-state index in [1.165, 1.54) is 18.9 Å². The fraction of sp³-hybridized carbons (Fsp3) is 0.476. The molecule has 0 saturated carbocycles. The van der Waals surface area contributed by atoms with E-state index >= 15 is 0 Å². The number of fused-ring (bicyclic) bond motifs is 1. The van der Waals surface area contributed by atoms with Gasteiger partial charge in [-0.2, -0.15) is 9.36 Å². The van der Waals surface area contributed by atoms with E-state index in [1.54, 1.807) is 12.2 Å². The van der Waals surface area contributed by atoms with Crippen molar-refractivity contribution >= 4 is 57.9 Å². The molecule has 0 aromatic carbocycles. The number of anilines is 1. The van der Waals surface area contributed by atoms with Gasteiger partial charge in [0.2, 0.25) is 11.5 Å². The van der Waals surface area contributed by atoms with Crippen molar-refractivity contribution in [2.24, 2.45) is 5.16 Å². The van der Waals surface area contributed by atoms with Crippen molar-refractivity contribution in [3.8, 4) is 0 Å². The van der Waals surface area contributed by atoms with Gasteiger partial charge in [0, 0.05) is 30.1 Å². The van der Waals surface area contributed by atoms with Gasteiger partial charge >= 0.3 is 5.97 Å². The first kappa shape index (κ1) is 26.6. The Bertz CT molecular complexity index is 1230. The number of thioether (sulfide) groups is 1. The smallest absolute Gasteiger partial charge is 0.362 e. The molecule has 2 amide bonds. The number of hydrogen-bond donors (Lipinski definition) is 3. The van der Waals surface area contributed by atoms with Gasteiger partial charge in [-0.15, -0.1) is 11.8 Å². The second kappa shape index (κ2) is 10.5. The van der Waals surface area contributed by atoms with Crippen LogP contribution in [0.2, 0.25) is 0 Å². The van der Waals surface area contributed by atoms with Crippen LogP contribution >= 0.6 is 23.3 Å². The van der Waals surface area contributed by atoms with Gasteiger partial charge < -0.3 is 35.4 Å². The van der Waals surface area contributed by atoms with E-state index in [0.29, 0.717) is 29.6 Å². The molecule has 4 rings (SSSR count). The number of likely N-dealkylation sites (tertiary alicyclic amines) is 1. The molecule has 1 aromatic rings. The molecule has 0 aliphatic carbocycles. The van der Waals surface area contributed by atoms with Crippen molar-refractivity contribution in [3.05, 3.63) is 29.2 Å². The summed E-state index contributed by atoms with van der Waals surface area (Å²) >= 11 is 2.14. The van der Waals surface area contributed by atoms with Crippen molar-refractivity contribution in [2.45, 2.75) is 30.3 Å². The molecule has 4 heterocycles. The minimum Gasteiger partial charge on any atom is -0.543 e. The van der Waals surface area contributed by atoms with Crippen LogP contribution in [0.4, 0.5) is 5.13 Å². The van der Waals surface area contributed by atoms with Crippen molar-refractivity contribution in [3.63, 3.8) is 0 Å². The number of carboxylic acid groups (broad SMARTS) is 2. The summed E-state index contributed by atoms with van der Waals surface area (Å²) in [6.45, 7) is 1.10. The van der Waals surface area contributed by atoms with Gasteiger partial charge in [-0.1, -0.05) is 11.2 Å². The minimum atomic E-state index is -1.52. The molecule has 198 valence electrons. The van der Waals surface area contributed by atoms with Crippen LogP contribution in [-0.2, 0) is 24.0 Å². The molecule has 4 atom stereocenters. The summed E-state index contributed by atoms with van der Waals surface area (Å²) in [4.78, 5) is 59.0. The molecule has 2 saturated heterocycles. The van der Waals surface area contributed by atoms with Crippen molar-refractivity contribution in [1.29, 1.82) is 0 Å². The Hall–Kier alpha value is -3.50. The largest absolute Gasteiger partial charge is 0.543 e. The van der Waals surface area contributed by atoms with Crippen molar-refractivity contribution in [1.82, 2.24) is 19.6 Å². The summed E-state index contributed by atoms with van der Waals surface area (Å²) in [7, 11) is 3.09. The SMILES string of the molecule is CO/N=C(\C(=O)N[C@@H]1C(=O)N2C(C(=O)[O-])=C(/C=C/C[N+]3(C)CCC[C@H]3C(=O)O)CS[C@H]12)c1nsc(N)n1. The Morgan fingerprint density at radius 2 is 2.19 bits per heavy atom. The Morgan fingerprint density at radius 1 is 1.43 bits per heavy atom. The molecule has 1 unspecified atom stereocenters. The number of nitrogens with one attached hydrogen (secondary N) is 1. The Balaban J connectivity index is 1.48. The normalized spacial score (nSPS) is 27.7. The molecule has 0 spiro atoms. The monoisotopic (exact) mass is 551 g/mol. The third kappa shape index (κ3) is 5.03. The minimum absolute atomic E-state index is 0.0657. The van der Waals surface area contributed by atoms with Gasteiger partial charge in [0.15, 0.2) is 11.2 Å². The van der Waals surface area contributed by atoms with Crippen LogP contribution in [0.3, 0.4) is 0 Å². The molecule has 4 N–H and O–H groups in total. The van der Waals surface area contributed by atoms with Crippen molar-refractivity contribution < 1.29 is 38.7 Å². The van der Waals surface area contributed by atoms with Crippen LogP contribution in [0.5, 0.6) is 0 Å². The molecule has 3 aliphatic heterocycles. The lowest BCUT2D eigenvalue weighted by molar-refractivity contribution is -0.907. The van der Waals surface area contributed by atoms with Gasteiger partial charge in [-0.3, -0.25) is 14.5 Å². The zero-order chi connectivity index (χ0) is 26.9. The zero-order valence-corrected chi connectivity index (χ0v) is 21.6. The number of aromatic nitrogens is 2. The summed E-state index contributed by atoms with van der Waals surface area (Å²) in [6.07, 6.45) is 4.73. The summed E-state index contributed by atoms with van der Waals surface area (Å²) in [5, 5.41) is 27.1. The van der Waals surface area contributed by atoms with Crippen LogP contribution in [0, 0.1) is 0 Å². The molecule has 2 fully saturated rings. The first-order chi connectivity index (χ1) is 17.6. The van der Waals surface area contributed by atoms with Gasteiger partial charge in [0.05, 0.1) is 31.8 Å². The first-order valence-electron chi connectivity index (χ1n) is 11.2. The number of hydrogen-bond acceptors (Lipinski definition) is 12. The number of quaternary nitrogens is 1. The summed E-state index contributed by atoms with van der Waals surface area (Å²) < 4.78 is 4.24. The highest BCUT2D eigenvalue weighted by molar-refractivity contribution is 8.00. The predicted octanol–water partition coefficient (Wildman–Crippen LogP) is -1.88. The number of nitrogens with zero attached hydrogens (tertiary/aromatic N) is 5. The number of carboxylic acids is 2. The summed E-state index contributed by atoms with van der Waals surface area (Å²) in [6, 6.07) is -1.53. The topological polar surface area (TPSA) is 200 Å². The number of likely N-dealkylation sites (N-methyl/N-ethyl adjacent to an activating group) is 1. The molecule has 1 aromatic heterocycles. The van der Waals surface area contributed by atoms with Gasteiger partial charge in [-0.05, 0) is 11.6 Å². The lowest BCUT2D eigenvalue weighted by Gasteiger charge is -2.50. The number of oxime groups is 1. The van der Waals surface area contributed by atoms with Crippen LogP contribution in [0.15, 0.2) is 28.6 Å². The molecular weight excluding hydrogens is 526 g/mol. The average Bonchev–Trinajstić information content (AvgIpc) is 3.45.